The Morgan fingerprint density at radius 3 is 2.62 bits per heavy atom. The summed E-state index contributed by atoms with van der Waals surface area (Å²) in [4.78, 5) is 11.5. The van der Waals surface area contributed by atoms with Crippen LogP contribution in [0.5, 0.6) is 0 Å². The Morgan fingerprint density at radius 2 is 1.95 bits per heavy atom. The standard InChI is InChI=1S/C14H18FNO4S/c15-12-3-1-2-4-13(12)21(18,19)10-7-16-14(17)11-5-8-20-9-6-11/h1-4,11H,5-10H2,(H,16,17). The number of halogens is 1. The van der Waals surface area contributed by atoms with Gasteiger partial charge in [-0.25, -0.2) is 12.8 Å². The van der Waals surface area contributed by atoms with Gasteiger partial charge in [0.1, 0.15) is 10.7 Å². The van der Waals surface area contributed by atoms with Crippen LogP contribution in [0, 0.1) is 11.7 Å². The molecule has 2 rings (SSSR count). The molecule has 0 atom stereocenters. The maximum atomic E-state index is 13.5. The summed E-state index contributed by atoms with van der Waals surface area (Å²) in [5.74, 6) is -1.38. The highest BCUT2D eigenvalue weighted by Gasteiger charge is 2.23. The molecule has 0 aromatic heterocycles. The smallest absolute Gasteiger partial charge is 0.223 e. The van der Waals surface area contributed by atoms with Crippen molar-refractivity contribution in [1.29, 1.82) is 0 Å². The zero-order valence-corrected chi connectivity index (χ0v) is 12.4. The molecule has 1 aromatic carbocycles. The predicted octanol–water partition coefficient (Wildman–Crippen LogP) is 1.14. The fourth-order valence-corrected chi connectivity index (χ4v) is 3.46. The minimum absolute atomic E-state index is 0.0210. The maximum absolute atomic E-state index is 13.5. The molecule has 0 spiro atoms. The van der Waals surface area contributed by atoms with E-state index < -0.39 is 15.7 Å². The molecule has 1 saturated heterocycles. The molecular formula is C14H18FNO4S. The van der Waals surface area contributed by atoms with E-state index in [1.807, 2.05) is 0 Å². The van der Waals surface area contributed by atoms with E-state index in [9.17, 15) is 17.6 Å². The number of rotatable bonds is 5. The number of sulfone groups is 1. The number of benzene rings is 1. The third-order valence-corrected chi connectivity index (χ3v) is 5.18. The molecule has 0 unspecified atom stereocenters. The highest BCUT2D eigenvalue weighted by atomic mass is 32.2. The molecular weight excluding hydrogens is 297 g/mol. The minimum atomic E-state index is -3.73. The van der Waals surface area contributed by atoms with Gasteiger partial charge in [0.15, 0.2) is 9.84 Å². The number of hydrogen-bond acceptors (Lipinski definition) is 4. The van der Waals surface area contributed by atoms with E-state index in [0.29, 0.717) is 26.1 Å². The minimum Gasteiger partial charge on any atom is -0.381 e. The number of carbonyl (C=O) groups is 1. The molecule has 1 aromatic rings. The average molecular weight is 315 g/mol. The van der Waals surface area contributed by atoms with Gasteiger partial charge in [-0.1, -0.05) is 12.1 Å². The molecule has 21 heavy (non-hydrogen) atoms. The Morgan fingerprint density at radius 1 is 1.29 bits per heavy atom. The molecule has 1 aliphatic rings. The van der Waals surface area contributed by atoms with Crippen molar-refractivity contribution in [2.45, 2.75) is 17.7 Å². The molecule has 5 nitrogen and oxygen atoms in total. The van der Waals surface area contributed by atoms with Crippen molar-refractivity contribution in [2.24, 2.45) is 5.92 Å². The number of hydrogen-bond donors (Lipinski definition) is 1. The Balaban J connectivity index is 1.88. The second-order valence-electron chi connectivity index (χ2n) is 4.93. The summed E-state index contributed by atoms with van der Waals surface area (Å²) in [5.41, 5.74) is 0. The molecule has 1 fully saturated rings. The third-order valence-electron chi connectivity index (χ3n) is 3.43. The summed E-state index contributed by atoms with van der Waals surface area (Å²) in [6, 6.07) is 5.23. The van der Waals surface area contributed by atoms with Gasteiger partial charge in [-0.15, -0.1) is 0 Å². The van der Waals surface area contributed by atoms with Crippen LogP contribution in [-0.2, 0) is 19.4 Å². The quantitative estimate of drug-likeness (QED) is 0.884. The van der Waals surface area contributed by atoms with Crippen LogP contribution in [0.1, 0.15) is 12.8 Å². The SMILES string of the molecule is O=C(NCCS(=O)(=O)c1ccccc1F)C1CCOCC1. The van der Waals surface area contributed by atoms with Crippen LogP contribution in [0.25, 0.3) is 0 Å². The van der Waals surface area contributed by atoms with Crippen molar-refractivity contribution < 1.29 is 22.3 Å². The van der Waals surface area contributed by atoms with Gasteiger partial charge in [-0.05, 0) is 25.0 Å². The van der Waals surface area contributed by atoms with E-state index in [-0.39, 0.29) is 29.0 Å². The summed E-state index contributed by atoms with van der Waals surface area (Å²) < 4.78 is 42.6. The predicted molar refractivity (Wildman–Crippen MR) is 75.0 cm³/mol. The Kier molecular flexibility index (Phi) is 5.30. The molecule has 1 aliphatic heterocycles. The highest BCUT2D eigenvalue weighted by Crippen LogP contribution is 2.16. The number of nitrogens with one attached hydrogen (secondary N) is 1. The number of ether oxygens (including phenoxy) is 1. The zero-order valence-electron chi connectivity index (χ0n) is 11.5. The van der Waals surface area contributed by atoms with Gasteiger partial charge in [0.25, 0.3) is 0 Å². The van der Waals surface area contributed by atoms with E-state index in [1.165, 1.54) is 18.2 Å². The Hall–Kier alpha value is -1.47. The first-order chi connectivity index (χ1) is 10.0. The van der Waals surface area contributed by atoms with Crippen molar-refractivity contribution in [1.82, 2.24) is 5.32 Å². The van der Waals surface area contributed by atoms with Crippen LogP contribution >= 0.6 is 0 Å². The van der Waals surface area contributed by atoms with Gasteiger partial charge in [-0.2, -0.15) is 0 Å². The molecule has 1 N–H and O–H groups in total. The fraction of sp³-hybridized carbons (Fsp3) is 0.500. The monoisotopic (exact) mass is 315 g/mol. The fourth-order valence-electron chi connectivity index (χ4n) is 2.22. The van der Waals surface area contributed by atoms with E-state index in [1.54, 1.807) is 0 Å². The molecule has 1 amide bonds. The van der Waals surface area contributed by atoms with E-state index in [4.69, 9.17) is 4.74 Å². The van der Waals surface area contributed by atoms with Crippen molar-refractivity contribution >= 4 is 15.7 Å². The van der Waals surface area contributed by atoms with Crippen molar-refractivity contribution in [3.8, 4) is 0 Å². The Bertz CT molecular complexity index is 597. The van der Waals surface area contributed by atoms with Gasteiger partial charge in [0, 0.05) is 25.7 Å². The van der Waals surface area contributed by atoms with E-state index >= 15 is 0 Å². The molecule has 0 radical (unpaired) electrons. The molecule has 116 valence electrons. The topological polar surface area (TPSA) is 72.5 Å². The van der Waals surface area contributed by atoms with E-state index in [2.05, 4.69) is 5.32 Å². The first-order valence-corrected chi connectivity index (χ1v) is 8.48. The molecule has 0 saturated carbocycles. The van der Waals surface area contributed by atoms with Crippen LogP contribution < -0.4 is 5.32 Å². The summed E-state index contributed by atoms with van der Waals surface area (Å²) in [5, 5.41) is 2.60. The maximum Gasteiger partial charge on any atom is 0.223 e. The first-order valence-electron chi connectivity index (χ1n) is 6.83. The number of carbonyl (C=O) groups excluding carboxylic acids is 1. The third kappa shape index (κ3) is 4.25. The molecule has 7 heteroatoms. The molecule has 0 bridgehead atoms. The number of amides is 1. The van der Waals surface area contributed by atoms with Gasteiger partial charge >= 0.3 is 0 Å². The van der Waals surface area contributed by atoms with Crippen LogP contribution in [0.15, 0.2) is 29.2 Å². The van der Waals surface area contributed by atoms with Gasteiger partial charge in [0.2, 0.25) is 5.91 Å². The van der Waals surface area contributed by atoms with Gasteiger partial charge < -0.3 is 10.1 Å². The summed E-state index contributed by atoms with van der Waals surface area (Å²) in [6.07, 6.45) is 1.29. The highest BCUT2D eigenvalue weighted by molar-refractivity contribution is 7.91. The normalized spacial score (nSPS) is 16.6. The van der Waals surface area contributed by atoms with Gasteiger partial charge in [0.05, 0.1) is 5.75 Å². The van der Waals surface area contributed by atoms with Crippen LogP contribution in [0.3, 0.4) is 0 Å². The molecule has 1 heterocycles. The summed E-state index contributed by atoms with van der Waals surface area (Å²) in [7, 11) is -3.73. The van der Waals surface area contributed by atoms with Crippen molar-refractivity contribution in [3.05, 3.63) is 30.1 Å². The largest absolute Gasteiger partial charge is 0.381 e. The average Bonchev–Trinajstić information content (AvgIpc) is 2.48. The zero-order chi connectivity index (χ0) is 15.3. The summed E-state index contributed by atoms with van der Waals surface area (Å²) in [6.45, 7) is 1.07. The van der Waals surface area contributed by atoms with Crippen molar-refractivity contribution in [3.63, 3.8) is 0 Å². The lowest BCUT2D eigenvalue weighted by molar-refractivity contribution is -0.127. The second kappa shape index (κ2) is 7.00. The lowest BCUT2D eigenvalue weighted by atomic mass is 10.00. The van der Waals surface area contributed by atoms with Gasteiger partial charge in [-0.3, -0.25) is 4.79 Å². The lowest BCUT2D eigenvalue weighted by Gasteiger charge is -2.21. The van der Waals surface area contributed by atoms with Crippen LogP contribution in [0.2, 0.25) is 0 Å². The second-order valence-corrected chi connectivity index (χ2v) is 7.00. The van der Waals surface area contributed by atoms with Crippen LogP contribution in [-0.4, -0.2) is 39.8 Å². The van der Waals surface area contributed by atoms with Crippen LogP contribution in [0.4, 0.5) is 4.39 Å². The van der Waals surface area contributed by atoms with Crippen molar-refractivity contribution in [2.75, 3.05) is 25.5 Å². The summed E-state index contributed by atoms with van der Waals surface area (Å²) >= 11 is 0. The molecule has 0 aliphatic carbocycles. The first kappa shape index (κ1) is 15.9. The van der Waals surface area contributed by atoms with E-state index in [0.717, 1.165) is 6.07 Å². The Labute approximate surface area is 123 Å². The lowest BCUT2D eigenvalue weighted by Crippen LogP contribution is -2.36.